The summed E-state index contributed by atoms with van der Waals surface area (Å²) in [4.78, 5) is 18.9. The third kappa shape index (κ3) is 3.72. The maximum atomic E-state index is 12.9. The zero-order chi connectivity index (χ0) is 19.6. The highest BCUT2D eigenvalue weighted by Gasteiger charge is 2.17. The summed E-state index contributed by atoms with van der Waals surface area (Å²) in [5.41, 5.74) is 4.03. The van der Waals surface area contributed by atoms with E-state index in [9.17, 15) is 4.79 Å². The fourth-order valence-electron chi connectivity index (χ4n) is 3.01. The Balaban J connectivity index is 1.74. The first-order valence-corrected chi connectivity index (χ1v) is 8.73. The van der Waals surface area contributed by atoms with Gasteiger partial charge in [0.1, 0.15) is 0 Å². The topological polar surface area (TPSA) is 69.0 Å². The molecule has 142 valence electrons. The van der Waals surface area contributed by atoms with Crippen LogP contribution in [0.2, 0.25) is 0 Å². The van der Waals surface area contributed by atoms with Gasteiger partial charge >= 0.3 is 0 Å². The normalized spacial score (nSPS) is 10.9. The summed E-state index contributed by atoms with van der Waals surface area (Å²) in [6, 6.07) is 7.67. The Morgan fingerprint density at radius 2 is 1.89 bits per heavy atom. The van der Waals surface area contributed by atoms with Crippen LogP contribution in [0.25, 0.3) is 5.65 Å². The first-order chi connectivity index (χ1) is 12.9. The fraction of sp³-hybridized carbons (Fsp3) is 0.350. The number of nitrogens with zero attached hydrogens (tertiary/aromatic N) is 4. The summed E-state index contributed by atoms with van der Waals surface area (Å²) >= 11 is 0. The van der Waals surface area contributed by atoms with Gasteiger partial charge in [-0.2, -0.15) is 5.10 Å². The van der Waals surface area contributed by atoms with Crippen molar-refractivity contribution in [2.75, 3.05) is 27.8 Å². The molecule has 0 aliphatic rings. The van der Waals surface area contributed by atoms with Crippen LogP contribution in [0.5, 0.6) is 11.5 Å². The second kappa shape index (κ2) is 7.65. The molecule has 2 aromatic heterocycles. The Kier molecular flexibility index (Phi) is 5.30. The monoisotopic (exact) mass is 368 g/mol. The zero-order valence-electron chi connectivity index (χ0n) is 16.3. The molecule has 0 atom stereocenters. The zero-order valence-corrected chi connectivity index (χ0v) is 16.3. The molecule has 27 heavy (non-hydrogen) atoms. The van der Waals surface area contributed by atoms with Crippen LogP contribution in [-0.4, -0.2) is 53.2 Å². The maximum absolute atomic E-state index is 12.9. The number of aryl methyl sites for hydroxylation is 2. The summed E-state index contributed by atoms with van der Waals surface area (Å²) in [6.45, 7) is 4.37. The van der Waals surface area contributed by atoms with Crippen molar-refractivity contribution in [3.05, 3.63) is 53.0 Å². The third-order valence-electron chi connectivity index (χ3n) is 4.61. The van der Waals surface area contributed by atoms with Crippen LogP contribution in [0.3, 0.4) is 0 Å². The molecule has 0 fully saturated rings. The number of hydrogen-bond acceptors (Lipinski definition) is 5. The van der Waals surface area contributed by atoms with Crippen LogP contribution in [0, 0.1) is 13.8 Å². The third-order valence-corrected chi connectivity index (χ3v) is 4.61. The second-order valence-electron chi connectivity index (χ2n) is 6.48. The van der Waals surface area contributed by atoms with Gasteiger partial charge in [0.15, 0.2) is 17.1 Å². The van der Waals surface area contributed by atoms with Gasteiger partial charge in [-0.25, -0.2) is 9.50 Å². The minimum Gasteiger partial charge on any atom is -0.493 e. The summed E-state index contributed by atoms with van der Waals surface area (Å²) < 4.78 is 12.3. The lowest BCUT2D eigenvalue weighted by Crippen LogP contribution is -2.30. The number of likely N-dealkylation sites (N-methyl/N-ethyl adjacent to an activating group) is 1. The first kappa shape index (κ1) is 18.7. The quantitative estimate of drug-likeness (QED) is 0.669. The highest BCUT2D eigenvalue weighted by Crippen LogP contribution is 2.27. The van der Waals surface area contributed by atoms with E-state index < -0.39 is 0 Å². The molecule has 0 bridgehead atoms. The number of benzene rings is 1. The van der Waals surface area contributed by atoms with E-state index >= 15 is 0 Å². The number of hydrogen-bond donors (Lipinski definition) is 0. The van der Waals surface area contributed by atoms with Crippen molar-refractivity contribution in [2.45, 2.75) is 20.3 Å². The molecule has 0 N–H and O–H groups in total. The van der Waals surface area contributed by atoms with Gasteiger partial charge in [-0.1, -0.05) is 6.07 Å². The largest absolute Gasteiger partial charge is 0.493 e. The van der Waals surface area contributed by atoms with Crippen LogP contribution in [-0.2, 0) is 6.42 Å². The Morgan fingerprint density at radius 3 is 2.59 bits per heavy atom. The number of fused-ring (bicyclic) bond motifs is 1. The minimum absolute atomic E-state index is 0.0736. The van der Waals surface area contributed by atoms with Crippen LogP contribution in [0.4, 0.5) is 0 Å². The summed E-state index contributed by atoms with van der Waals surface area (Å²) in [5.74, 6) is 1.30. The highest BCUT2D eigenvalue weighted by atomic mass is 16.5. The van der Waals surface area contributed by atoms with Crippen molar-refractivity contribution in [2.24, 2.45) is 0 Å². The van der Waals surface area contributed by atoms with Gasteiger partial charge in [0.2, 0.25) is 0 Å². The number of ether oxygens (including phenoxy) is 2. The molecule has 0 saturated heterocycles. The molecular formula is C20H24N4O3. The lowest BCUT2D eigenvalue weighted by Gasteiger charge is -2.19. The molecule has 1 amide bonds. The van der Waals surface area contributed by atoms with Gasteiger partial charge in [0.25, 0.3) is 5.91 Å². The van der Waals surface area contributed by atoms with Crippen molar-refractivity contribution in [1.29, 1.82) is 0 Å². The fourth-order valence-corrected chi connectivity index (χ4v) is 3.01. The minimum atomic E-state index is -0.0736. The van der Waals surface area contributed by atoms with Crippen LogP contribution < -0.4 is 9.47 Å². The van der Waals surface area contributed by atoms with Crippen molar-refractivity contribution < 1.29 is 14.3 Å². The number of rotatable bonds is 6. The van der Waals surface area contributed by atoms with Gasteiger partial charge in [-0.3, -0.25) is 4.79 Å². The van der Waals surface area contributed by atoms with E-state index in [1.807, 2.05) is 38.1 Å². The number of aromatic nitrogens is 3. The molecule has 0 saturated carbocycles. The summed E-state index contributed by atoms with van der Waals surface area (Å²) in [7, 11) is 5.01. The maximum Gasteiger partial charge on any atom is 0.257 e. The van der Waals surface area contributed by atoms with Crippen molar-refractivity contribution >= 4 is 11.6 Å². The summed E-state index contributed by atoms with van der Waals surface area (Å²) in [5, 5.41) is 4.40. The van der Waals surface area contributed by atoms with E-state index in [1.54, 1.807) is 36.9 Å². The van der Waals surface area contributed by atoms with E-state index in [2.05, 4.69) is 10.1 Å². The van der Waals surface area contributed by atoms with Crippen LogP contribution in [0.15, 0.2) is 30.5 Å². The average Bonchev–Trinajstić information content (AvgIpc) is 3.06. The number of carbonyl (C=O) groups is 1. The number of amides is 1. The molecular weight excluding hydrogens is 344 g/mol. The lowest BCUT2D eigenvalue weighted by molar-refractivity contribution is 0.0794. The van der Waals surface area contributed by atoms with E-state index in [1.165, 1.54) is 0 Å². The van der Waals surface area contributed by atoms with Crippen molar-refractivity contribution in [3.63, 3.8) is 0 Å². The Bertz CT molecular complexity index is 981. The molecule has 2 heterocycles. The van der Waals surface area contributed by atoms with E-state index in [4.69, 9.17) is 9.47 Å². The molecule has 0 aliphatic carbocycles. The summed E-state index contributed by atoms with van der Waals surface area (Å²) in [6.07, 6.45) is 2.33. The van der Waals surface area contributed by atoms with Gasteiger partial charge in [-0.15, -0.1) is 0 Å². The van der Waals surface area contributed by atoms with Gasteiger partial charge < -0.3 is 14.4 Å². The lowest BCUT2D eigenvalue weighted by atomic mass is 10.1. The molecule has 0 unspecified atom stereocenters. The average molecular weight is 368 g/mol. The Morgan fingerprint density at radius 1 is 1.15 bits per heavy atom. The van der Waals surface area contributed by atoms with E-state index in [0.717, 1.165) is 22.6 Å². The predicted octanol–water partition coefficient (Wildman–Crippen LogP) is 2.68. The molecule has 3 aromatic rings. The predicted molar refractivity (Wildman–Crippen MR) is 103 cm³/mol. The highest BCUT2D eigenvalue weighted by molar-refractivity contribution is 5.95. The molecule has 3 rings (SSSR count). The molecule has 1 aromatic carbocycles. The standard InChI is InChI=1S/C20H24N4O3/c1-13-10-19-21-12-16(14(2)24(19)22-13)20(25)23(3)9-8-15-6-7-17(26-4)18(11-15)27-5/h6-7,10-12H,8-9H2,1-5H3. The van der Waals surface area contributed by atoms with Gasteiger partial charge in [-0.05, 0) is 38.0 Å². The smallest absolute Gasteiger partial charge is 0.257 e. The number of carbonyl (C=O) groups excluding carboxylic acids is 1. The second-order valence-corrected chi connectivity index (χ2v) is 6.48. The van der Waals surface area contributed by atoms with E-state index in [-0.39, 0.29) is 5.91 Å². The molecule has 0 spiro atoms. The molecule has 0 aliphatic heterocycles. The van der Waals surface area contributed by atoms with E-state index in [0.29, 0.717) is 30.0 Å². The molecule has 7 nitrogen and oxygen atoms in total. The number of methoxy groups -OCH3 is 2. The van der Waals surface area contributed by atoms with Crippen molar-refractivity contribution in [3.8, 4) is 11.5 Å². The molecule has 7 heteroatoms. The van der Waals surface area contributed by atoms with Gasteiger partial charge in [0.05, 0.1) is 31.2 Å². The van der Waals surface area contributed by atoms with Crippen LogP contribution in [0.1, 0.15) is 27.3 Å². The van der Waals surface area contributed by atoms with Gasteiger partial charge in [0, 0.05) is 25.9 Å². The SMILES string of the molecule is COc1ccc(CCN(C)C(=O)c2cnc3cc(C)nn3c2C)cc1OC. The first-order valence-electron chi connectivity index (χ1n) is 8.73. The van der Waals surface area contributed by atoms with Crippen molar-refractivity contribution in [1.82, 2.24) is 19.5 Å². The van der Waals surface area contributed by atoms with Crippen LogP contribution >= 0.6 is 0 Å². The Labute approximate surface area is 158 Å². The Hall–Kier alpha value is -3.09. The molecule has 0 radical (unpaired) electrons.